The second kappa shape index (κ2) is 13.6. The largest absolute Gasteiger partial charge is 0.377 e. The number of hydrogen-bond donors (Lipinski definition) is 3. The molecular formula is C31H23F5N6OS. The summed E-state index contributed by atoms with van der Waals surface area (Å²) in [5.74, 6) is 9.57. The maximum Gasteiger partial charge on any atom is 0.323 e. The molecule has 0 aliphatic rings. The summed E-state index contributed by atoms with van der Waals surface area (Å²) in [5.41, 5.74) is -3.54. The van der Waals surface area contributed by atoms with Crippen molar-refractivity contribution < 1.29 is 27.1 Å². The van der Waals surface area contributed by atoms with Crippen LogP contribution in [0.3, 0.4) is 0 Å². The number of nitriles is 1. The first-order valence-electron chi connectivity index (χ1n) is 12.7. The molecule has 0 aliphatic heterocycles. The van der Waals surface area contributed by atoms with E-state index < -0.39 is 46.8 Å². The van der Waals surface area contributed by atoms with Gasteiger partial charge in [0.1, 0.15) is 35.6 Å². The Bertz CT molecular complexity index is 1770. The molecule has 224 valence electrons. The van der Waals surface area contributed by atoms with E-state index in [1.807, 2.05) is 12.1 Å². The summed E-state index contributed by atoms with van der Waals surface area (Å²) in [4.78, 5) is 4.66. The van der Waals surface area contributed by atoms with Gasteiger partial charge in [0.2, 0.25) is 0 Å². The Morgan fingerprint density at radius 1 is 0.955 bits per heavy atom. The SMILES string of the molecule is N#Cc1ccc(CSc2ccc(C#Cc3ccc(C(F)(F)C(O)(CN(N)/C=N\N)c4ccc(F)cc4F)nc3)cc2)cc1F. The zero-order valence-electron chi connectivity index (χ0n) is 22.7. The van der Waals surface area contributed by atoms with Gasteiger partial charge in [-0.15, -0.1) is 11.8 Å². The van der Waals surface area contributed by atoms with Crippen LogP contribution in [0.1, 0.15) is 33.5 Å². The number of alkyl halides is 2. The molecule has 0 bridgehead atoms. The van der Waals surface area contributed by atoms with Crippen molar-refractivity contribution in [2.75, 3.05) is 6.54 Å². The first kappa shape index (κ1) is 32.0. The topological polar surface area (TPSA) is 125 Å². The molecule has 0 saturated carbocycles. The molecule has 0 saturated heterocycles. The summed E-state index contributed by atoms with van der Waals surface area (Å²) < 4.78 is 73.6. The number of hydrazine groups is 1. The number of aliphatic hydroxyl groups is 1. The number of halogens is 5. The van der Waals surface area contributed by atoms with E-state index in [1.165, 1.54) is 30.0 Å². The molecule has 0 aliphatic carbocycles. The zero-order chi connectivity index (χ0) is 31.9. The van der Waals surface area contributed by atoms with Crippen molar-refractivity contribution in [2.45, 2.75) is 22.2 Å². The molecule has 1 atom stereocenters. The zero-order valence-corrected chi connectivity index (χ0v) is 23.5. The van der Waals surface area contributed by atoms with Gasteiger partial charge in [-0.25, -0.2) is 19.0 Å². The minimum Gasteiger partial charge on any atom is -0.377 e. The molecule has 13 heteroatoms. The van der Waals surface area contributed by atoms with Crippen LogP contribution in [0.4, 0.5) is 22.0 Å². The number of pyridine rings is 1. The van der Waals surface area contributed by atoms with Gasteiger partial charge in [0, 0.05) is 39.6 Å². The van der Waals surface area contributed by atoms with E-state index in [9.17, 15) is 18.3 Å². The number of hydrazone groups is 1. The van der Waals surface area contributed by atoms with Crippen LogP contribution in [0.2, 0.25) is 0 Å². The van der Waals surface area contributed by atoms with Gasteiger partial charge in [0.25, 0.3) is 0 Å². The average molecular weight is 623 g/mol. The lowest BCUT2D eigenvalue weighted by molar-refractivity contribution is -0.203. The van der Waals surface area contributed by atoms with E-state index in [2.05, 4.69) is 21.9 Å². The number of thioether (sulfide) groups is 1. The molecular weight excluding hydrogens is 599 g/mol. The van der Waals surface area contributed by atoms with Crippen molar-refractivity contribution in [2.24, 2.45) is 16.8 Å². The fraction of sp³-hybridized carbons (Fsp3) is 0.129. The molecule has 0 fully saturated rings. The summed E-state index contributed by atoms with van der Waals surface area (Å²) in [6, 6.07) is 17.4. The van der Waals surface area contributed by atoms with Gasteiger partial charge in [0.15, 0.2) is 5.60 Å². The molecule has 44 heavy (non-hydrogen) atoms. The molecule has 3 aromatic carbocycles. The lowest BCUT2D eigenvalue weighted by Crippen LogP contribution is -2.53. The van der Waals surface area contributed by atoms with Crippen LogP contribution in [0.15, 0.2) is 89.0 Å². The molecule has 0 amide bonds. The highest BCUT2D eigenvalue weighted by molar-refractivity contribution is 7.98. The van der Waals surface area contributed by atoms with Gasteiger partial charge < -0.3 is 10.9 Å². The predicted octanol–water partition coefficient (Wildman–Crippen LogP) is 5.12. The van der Waals surface area contributed by atoms with Crippen LogP contribution in [0.25, 0.3) is 0 Å². The fourth-order valence-electron chi connectivity index (χ4n) is 4.12. The van der Waals surface area contributed by atoms with Crippen LogP contribution in [0, 0.1) is 40.6 Å². The minimum absolute atomic E-state index is 0.0150. The van der Waals surface area contributed by atoms with Gasteiger partial charge in [-0.2, -0.15) is 19.1 Å². The maximum absolute atomic E-state index is 15.8. The summed E-state index contributed by atoms with van der Waals surface area (Å²) in [6.45, 7) is -1.08. The highest BCUT2D eigenvalue weighted by Gasteiger charge is 2.58. The summed E-state index contributed by atoms with van der Waals surface area (Å²) >= 11 is 1.47. The molecule has 1 aromatic heterocycles. The van der Waals surface area contributed by atoms with Crippen molar-refractivity contribution in [3.8, 4) is 17.9 Å². The Hall–Kier alpha value is -4.95. The first-order valence-corrected chi connectivity index (χ1v) is 13.7. The van der Waals surface area contributed by atoms with Crippen molar-refractivity contribution in [3.05, 3.63) is 130 Å². The van der Waals surface area contributed by atoms with E-state index in [1.54, 1.807) is 24.3 Å². The maximum atomic E-state index is 15.8. The van der Waals surface area contributed by atoms with Crippen molar-refractivity contribution in [3.63, 3.8) is 0 Å². The van der Waals surface area contributed by atoms with Crippen molar-refractivity contribution >= 4 is 18.1 Å². The third kappa shape index (κ3) is 7.15. The van der Waals surface area contributed by atoms with Gasteiger partial charge in [-0.1, -0.05) is 17.9 Å². The Balaban J connectivity index is 1.50. The predicted molar refractivity (Wildman–Crippen MR) is 155 cm³/mol. The molecule has 7 nitrogen and oxygen atoms in total. The van der Waals surface area contributed by atoms with Gasteiger partial charge in [-0.3, -0.25) is 9.99 Å². The number of nitrogens with two attached hydrogens (primary N) is 2. The summed E-state index contributed by atoms with van der Waals surface area (Å²) in [5, 5.41) is 23.7. The average Bonchev–Trinajstić information content (AvgIpc) is 2.99. The molecule has 4 rings (SSSR count). The molecule has 0 radical (unpaired) electrons. The number of aromatic nitrogens is 1. The van der Waals surface area contributed by atoms with Gasteiger partial charge >= 0.3 is 5.92 Å². The van der Waals surface area contributed by atoms with Crippen LogP contribution in [-0.2, 0) is 17.3 Å². The third-order valence-corrected chi connectivity index (χ3v) is 7.46. The molecule has 1 heterocycles. The van der Waals surface area contributed by atoms with Crippen molar-refractivity contribution in [1.29, 1.82) is 5.26 Å². The second-order valence-electron chi connectivity index (χ2n) is 9.42. The molecule has 1 unspecified atom stereocenters. The highest BCUT2D eigenvalue weighted by Crippen LogP contribution is 2.46. The smallest absolute Gasteiger partial charge is 0.323 e. The second-order valence-corrected chi connectivity index (χ2v) is 10.5. The normalized spacial score (nSPS) is 12.7. The summed E-state index contributed by atoms with van der Waals surface area (Å²) in [7, 11) is 0. The number of benzene rings is 3. The van der Waals surface area contributed by atoms with Crippen LogP contribution < -0.4 is 11.7 Å². The van der Waals surface area contributed by atoms with E-state index >= 15 is 8.78 Å². The monoisotopic (exact) mass is 622 g/mol. The number of hydrogen-bond acceptors (Lipinski definition) is 7. The van der Waals surface area contributed by atoms with Crippen LogP contribution in [0.5, 0.6) is 0 Å². The third-order valence-electron chi connectivity index (χ3n) is 6.37. The first-order chi connectivity index (χ1) is 21.0. The minimum atomic E-state index is -4.23. The number of nitrogens with zero attached hydrogens (tertiary/aromatic N) is 4. The molecule has 0 spiro atoms. The van der Waals surface area contributed by atoms with Crippen LogP contribution >= 0.6 is 11.8 Å². The highest BCUT2D eigenvalue weighted by atomic mass is 32.2. The quantitative estimate of drug-likeness (QED) is 0.0450. The van der Waals surface area contributed by atoms with Gasteiger partial charge in [0.05, 0.1) is 12.1 Å². The lowest BCUT2D eigenvalue weighted by Gasteiger charge is -2.37. The molecule has 4 aromatic rings. The van der Waals surface area contributed by atoms with E-state index in [0.717, 1.165) is 35.1 Å². The fourth-order valence-corrected chi connectivity index (χ4v) is 4.96. The Morgan fingerprint density at radius 2 is 1.66 bits per heavy atom. The standard InChI is InChI=1S/C31H23F5N6OS/c32-24-8-11-26(28(34)14-24)30(43,18-42(39)19-41-38)31(35,36)29-12-6-21(16-40-29)2-1-20-4-9-25(10-5-20)44-17-22-3-7-23(15-37)27(33)13-22/h3-14,16,19,43H,17-18,38-39H2/b41-19-. The number of rotatable bonds is 9. The van der Waals surface area contributed by atoms with Gasteiger partial charge in [-0.05, 0) is 66.2 Å². The Labute approximate surface area is 253 Å². The van der Waals surface area contributed by atoms with Crippen molar-refractivity contribution in [1.82, 2.24) is 9.99 Å². The van der Waals surface area contributed by atoms with Crippen LogP contribution in [-0.4, -0.2) is 28.0 Å². The van der Waals surface area contributed by atoms with E-state index in [-0.39, 0.29) is 11.1 Å². The van der Waals surface area contributed by atoms with E-state index in [0.29, 0.717) is 28.5 Å². The Kier molecular flexibility index (Phi) is 9.86. The lowest BCUT2D eigenvalue weighted by atomic mass is 9.84. The summed E-state index contributed by atoms with van der Waals surface area (Å²) in [6.07, 6.45) is 1.82. The van der Waals surface area contributed by atoms with E-state index in [4.69, 9.17) is 16.9 Å². The Morgan fingerprint density at radius 3 is 2.27 bits per heavy atom. The molecule has 5 N–H and O–H groups in total.